The van der Waals surface area contributed by atoms with Crippen LogP contribution in [-0.2, 0) is 19.1 Å². The maximum atomic E-state index is 12.3. The van der Waals surface area contributed by atoms with Crippen molar-refractivity contribution in [2.45, 2.75) is 18.5 Å². The molecule has 9 heteroatoms. The van der Waals surface area contributed by atoms with Crippen molar-refractivity contribution in [3.63, 3.8) is 0 Å². The fourth-order valence-corrected chi connectivity index (χ4v) is 2.84. The molecular weight excluding hydrogens is 364 g/mol. The highest BCUT2D eigenvalue weighted by molar-refractivity contribution is 6.27. The van der Waals surface area contributed by atoms with Crippen LogP contribution < -0.4 is 10.1 Å². The fourth-order valence-electron chi connectivity index (χ4n) is 2.48. The van der Waals surface area contributed by atoms with Gasteiger partial charge < -0.3 is 19.9 Å². The van der Waals surface area contributed by atoms with Gasteiger partial charge in [-0.05, 0) is 24.6 Å². The number of amides is 2. The molecule has 0 spiro atoms. The second-order valence-corrected chi connectivity index (χ2v) is 6.04. The lowest BCUT2D eigenvalue weighted by molar-refractivity contribution is -0.151. The number of carbonyl (C=O) groups excluding carboxylic acids is 2. The summed E-state index contributed by atoms with van der Waals surface area (Å²) in [6.45, 7) is 1.28. The van der Waals surface area contributed by atoms with Gasteiger partial charge in [-0.3, -0.25) is 14.5 Å². The number of likely N-dealkylation sites (tertiary alicyclic amines) is 1. The van der Waals surface area contributed by atoms with Crippen molar-refractivity contribution in [1.29, 1.82) is 0 Å². The first-order valence-electron chi connectivity index (χ1n) is 7.73. The highest BCUT2D eigenvalue weighted by Gasteiger charge is 2.50. The van der Waals surface area contributed by atoms with E-state index in [9.17, 15) is 19.5 Å². The second kappa shape index (κ2) is 8.68. The number of ether oxygens (including phenoxy) is 2. The van der Waals surface area contributed by atoms with Crippen molar-refractivity contribution in [2.75, 3.05) is 20.3 Å². The van der Waals surface area contributed by atoms with Crippen molar-refractivity contribution in [3.05, 3.63) is 41.6 Å². The Morgan fingerprint density at radius 1 is 1.27 bits per heavy atom. The van der Waals surface area contributed by atoms with Gasteiger partial charge >= 0.3 is 5.97 Å². The zero-order valence-corrected chi connectivity index (χ0v) is 15.0. The summed E-state index contributed by atoms with van der Waals surface area (Å²) in [7, 11) is 1.41. The number of carbonyl (C=O) groups is 3. The minimum Gasteiger partial charge on any atom is -0.484 e. The highest BCUT2D eigenvalue weighted by atomic mass is 35.5. The Labute approximate surface area is 155 Å². The average molecular weight is 383 g/mol. The first-order chi connectivity index (χ1) is 12.4. The fraction of sp³-hybridized carbons (Fsp3) is 0.353. The Morgan fingerprint density at radius 2 is 1.92 bits per heavy atom. The van der Waals surface area contributed by atoms with Crippen LogP contribution in [0.2, 0.25) is 0 Å². The van der Waals surface area contributed by atoms with E-state index in [-0.39, 0.29) is 18.9 Å². The standard InChI is InChI=1S/C17H19ClN2O6/c1-10(8-25-2)14(17(23)24)20-15(18)13(16(20)22)19-12(21)9-26-11-6-4-3-5-7-11/h3-7,13,15H,8-9H2,1-2H3,(H,19,21)(H,23,24)/b14-10-. The zero-order chi connectivity index (χ0) is 19.3. The first kappa shape index (κ1) is 19.7. The van der Waals surface area contributed by atoms with Crippen molar-refractivity contribution in [2.24, 2.45) is 0 Å². The Morgan fingerprint density at radius 3 is 2.46 bits per heavy atom. The number of para-hydroxylation sites is 1. The number of nitrogens with zero attached hydrogens (tertiary/aromatic N) is 1. The van der Waals surface area contributed by atoms with Crippen LogP contribution in [0.5, 0.6) is 5.75 Å². The molecule has 2 amide bonds. The van der Waals surface area contributed by atoms with E-state index in [1.165, 1.54) is 14.0 Å². The molecular formula is C17H19ClN2O6. The normalized spacial score (nSPS) is 20.1. The first-order valence-corrected chi connectivity index (χ1v) is 8.16. The summed E-state index contributed by atoms with van der Waals surface area (Å²) in [5.74, 6) is -1.92. The predicted molar refractivity (Wildman–Crippen MR) is 92.6 cm³/mol. The van der Waals surface area contributed by atoms with E-state index >= 15 is 0 Å². The van der Waals surface area contributed by atoms with E-state index in [4.69, 9.17) is 21.1 Å². The summed E-state index contributed by atoms with van der Waals surface area (Å²) in [6.07, 6.45) is 0. The maximum absolute atomic E-state index is 12.3. The third-order valence-electron chi connectivity index (χ3n) is 3.66. The number of methoxy groups -OCH3 is 1. The Hall–Kier alpha value is -2.58. The molecule has 0 aliphatic carbocycles. The summed E-state index contributed by atoms with van der Waals surface area (Å²) < 4.78 is 10.2. The molecule has 1 aromatic carbocycles. The Kier molecular flexibility index (Phi) is 6.59. The van der Waals surface area contributed by atoms with Crippen molar-refractivity contribution in [3.8, 4) is 5.75 Å². The van der Waals surface area contributed by atoms with Crippen LogP contribution in [0, 0.1) is 0 Å². The molecule has 2 rings (SSSR count). The van der Waals surface area contributed by atoms with E-state index in [1.54, 1.807) is 24.3 Å². The van der Waals surface area contributed by atoms with Gasteiger partial charge in [-0.15, -0.1) is 0 Å². The van der Waals surface area contributed by atoms with Gasteiger partial charge in [0.25, 0.3) is 11.8 Å². The quantitative estimate of drug-likeness (QED) is 0.300. The topological polar surface area (TPSA) is 105 Å². The van der Waals surface area contributed by atoms with Crippen LogP contribution in [0.1, 0.15) is 6.92 Å². The van der Waals surface area contributed by atoms with E-state index in [2.05, 4.69) is 5.32 Å². The third kappa shape index (κ3) is 4.33. The number of hydrogen-bond acceptors (Lipinski definition) is 5. The van der Waals surface area contributed by atoms with Gasteiger partial charge in [0.1, 0.15) is 23.0 Å². The van der Waals surface area contributed by atoms with Crippen LogP contribution in [0.15, 0.2) is 41.6 Å². The molecule has 0 saturated carbocycles. The smallest absolute Gasteiger partial charge is 0.352 e. The zero-order valence-electron chi connectivity index (χ0n) is 14.3. The van der Waals surface area contributed by atoms with Crippen LogP contribution >= 0.6 is 11.6 Å². The maximum Gasteiger partial charge on any atom is 0.352 e. The Balaban J connectivity index is 1.97. The second-order valence-electron chi connectivity index (χ2n) is 5.59. The molecule has 0 bridgehead atoms. The van der Waals surface area contributed by atoms with E-state index in [0.717, 1.165) is 4.90 Å². The number of β-lactam (4-membered cyclic amide) rings is 1. The summed E-state index contributed by atoms with van der Waals surface area (Å²) in [5.41, 5.74) is -0.917. The van der Waals surface area contributed by atoms with Crippen LogP contribution in [-0.4, -0.2) is 59.7 Å². The number of alkyl halides is 1. The summed E-state index contributed by atoms with van der Waals surface area (Å²) in [5, 5.41) is 11.8. The molecule has 1 saturated heterocycles. The number of rotatable bonds is 8. The van der Waals surface area contributed by atoms with Gasteiger partial charge in [0.15, 0.2) is 6.61 Å². The molecule has 1 aliphatic rings. The van der Waals surface area contributed by atoms with Crippen LogP contribution in [0.3, 0.4) is 0 Å². The average Bonchev–Trinajstić information content (AvgIpc) is 2.62. The molecule has 1 fully saturated rings. The molecule has 26 heavy (non-hydrogen) atoms. The third-order valence-corrected chi connectivity index (χ3v) is 4.11. The summed E-state index contributed by atoms with van der Waals surface area (Å²) >= 11 is 6.13. The molecule has 2 unspecified atom stereocenters. The number of carboxylic acid groups (broad SMARTS) is 1. The number of aliphatic carboxylic acids is 1. The molecule has 1 aromatic rings. The SMILES string of the molecule is COC/C(C)=C(/C(=O)O)N1C(=O)C(NC(=O)COc2ccccc2)C1Cl. The molecule has 2 N–H and O–H groups in total. The number of benzene rings is 1. The van der Waals surface area contributed by atoms with Gasteiger partial charge in [-0.2, -0.15) is 0 Å². The molecule has 1 aliphatic heterocycles. The van der Waals surface area contributed by atoms with Crippen molar-refractivity contribution >= 4 is 29.4 Å². The molecule has 140 valence electrons. The lowest BCUT2D eigenvalue weighted by atomic mass is 10.0. The van der Waals surface area contributed by atoms with Gasteiger partial charge in [0, 0.05) is 7.11 Å². The molecule has 1 heterocycles. The Bertz CT molecular complexity index is 721. The highest BCUT2D eigenvalue weighted by Crippen LogP contribution is 2.30. The van der Waals surface area contributed by atoms with Gasteiger partial charge in [-0.25, -0.2) is 4.79 Å². The number of halogens is 1. The molecule has 0 aromatic heterocycles. The van der Waals surface area contributed by atoms with Crippen molar-refractivity contribution < 1.29 is 29.0 Å². The van der Waals surface area contributed by atoms with Gasteiger partial charge in [0.2, 0.25) is 0 Å². The molecule has 0 radical (unpaired) electrons. The number of carboxylic acids is 1. The van der Waals surface area contributed by atoms with Gasteiger partial charge in [0.05, 0.1) is 6.61 Å². The summed E-state index contributed by atoms with van der Waals surface area (Å²) in [6, 6.07) is 7.70. The molecule has 2 atom stereocenters. The van der Waals surface area contributed by atoms with Crippen LogP contribution in [0.4, 0.5) is 0 Å². The minimum absolute atomic E-state index is 0.0387. The molecule has 8 nitrogen and oxygen atoms in total. The number of hydrogen-bond donors (Lipinski definition) is 2. The monoisotopic (exact) mass is 382 g/mol. The lowest BCUT2D eigenvalue weighted by Crippen LogP contribution is -2.69. The summed E-state index contributed by atoms with van der Waals surface area (Å²) in [4.78, 5) is 36.6. The van der Waals surface area contributed by atoms with Crippen molar-refractivity contribution in [1.82, 2.24) is 10.2 Å². The van der Waals surface area contributed by atoms with E-state index in [0.29, 0.717) is 11.3 Å². The van der Waals surface area contributed by atoms with Gasteiger partial charge in [-0.1, -0.05) is 29.8 Å². The number of nitrogens with one attached hydrogen (secondary N) is 1. The van der Waals surface area contributed by atoms with E-state index in [1.807, 2.05) is 6.07 Å². The van der Waals surface area contributed by atoms with Crippen LogP contribution in [0.25, 0.3) is 0 Å². The lowest BCUT2D eigenvalue weighted by Gasteiger charge is -2.43. The predicted octanol–water partition coefficient (Wildman–Crippen LogP) is 0.962. The largest absolute Gasteiger partial charge is 0.484 e. The minimum atomic E-state index is -1.30. The van der Waals surface area contributed by atoms with E-state index < -0.39 is 29.3 Å².